The first-order chi connectivity index (χ1) is 8.01. The molecule has 17 heavy (non-hydrogen) atoms. The van der Waals surface area contributed by atoms with E-state index in [4.69, 9.17) is 5.73 Å². The minimum absolute atomic E-state index is 0.147. The van der Waals surface area contributed by atoms with Gasteiger partial charge < -0.3 is 10.6 Å². The van der Waals surface area contributed by atoms with Crippen molar-refractivity contribution in [3.63, 3.8) is 0 Å². The Bertz CT molecular complexity index is 375. The van der Waals surface area contributed by atoms with Gasteiger partial charge in [0.1, 0.15) is 5.82 Å². The summed E-state index contributed by atoms with van der Waals surface area (Å²) in [6.07, 6.45) is 1.07. The topological polar surface area (TPSA) is 29.3 Å². The minimum atomic E-state index is -0.173. The number of nitrogens with zero attached hydrogens (tertiary/aromatic N) is 1. The van der Waals surface area contributed by atoms with Crippen LogP contribution in [0.25, 0.3) is 0 Å². The summed E-state index contributed by atoms with van der Waals surface area (Å²) in [5, 5.41) is 0. The number of benzene rings is 1. The van der Waals surface area contributed by atoms with Crippen LogP contribution >= 0.6 is 0 Å². The average molecular weight is 238 g/mol. The molecule has 0 spiro atoms. The molecule has 0 radical (unpaired) electrons. The van der Waals surface area contributed by atoms with E-state index in [0.29, 0.717) is 5.56 Å². The molecular formula is C14H23FN2. The Labute approximate surface area is 104 Å². The fourth-order valence-electron chi connectivity index (χ4n) is 2.04. The molecule has 0 amide bonds. The number of nitrogens with two attached hydrogens (primary N) is 1. The molecule has 0 aliphatic heterocycles. The van der Waals surface area contributed by atoms with Crippen LogP contribution in [0.3, 0.4) is 0 Å². The second-order valence-electron chi connectivity index (χ2n) is 4.53. The Morgan fingerprint density at radius 2 is 2.00 bits per heavy atom. The van der Waals surface area contributed by atoms with Gasteiger partial charge in [-0.25, -0.2) is 4.39 Å². The van der Waals surface area contributed by atoms with Crippen molar-refractivity contribution in [2.75, 3.05) is 18.0 Å². The van der Waals surface area contributed by atoms with E-state index < -0.39 is 0 Å². The van der Waals surface area contributed by atoms with Gasteiger partial charge in [0.2, 0.25) is 0 Å². The number of anilines is 1. The van der Waals surface area contributed by atoms with Crippen molar-refractivity contribution < 1.29 is 4.39 Å². The van der Waals surface area contributed by atoms with Crippen molar-refractivity contribution in [3.8, 4) is 0 Å². The zero-order valence-electron chi connectivity index (χ0n) is 11.3. The Kier molecular flexibility index (Phi) is 4.94. The van der Waals surface area contributed by atoms with Gasteiger partial charge in [-0.3, -0.25) is 0 Å². The van der Waals surface area contributed by atoms with E-state index in [0.717, 1.165) is 30.8 Å². The minimum Gasteiger partial charge on any atom is -0.372 e. The summed E-state index contributed by atoms with van der Waals surface area (Å²) in [6.45, 7) is 9.83. The Morgan fingerprint density at radius 3 is 2.47 bits per heavy atom. The van der Waals surface area contributed by atoms with Crippen molar-refractivity contribution in [2.45, 2.75) is 40.2 Å². The lowest BCUT2D eigenvalue weighted by molar-refractivity contribution is 0.612. The van der Waals surface area contributed by atoms with E-state index in [2.05, 4.69) is 18.7 Å². The van der Waals surface area contributed by atoms with Crippen LogP contribution in [0.15, 0.2) is 12.1 Å². The molecular weight excluding hydrogens is 215 g/mol. The van der Waals surface area contributed by atoms with Crippen molar-refractivity contribution in [1.82, 2.24) is 0 Å². The number of rotatable bonds is 5. The maximum absolute atomic E-state index is 13.6. The van der Waals surface area contributed by atoms with E-state index >= 15 is 0 Å². The Morgan fingerprint density at radius 1 is 1.35 bits per heavy atom. The second-order valence-corrected chi connectivity index (χ2v) is 4.53. The molecule has 0 fully saturated rings. The lowest BCUT2D eigenvalue weighted by Gasteiger charge is -2.27. The number of hydrogen-bond acceptors (Lipinski definition) is 2. The first-order valence-corrected chi connectivity index (χ1v) is 6.31. The fraction of sp³-hybridized carbons (Fsp3) is 0.571. The summed E-state index contributed by atoms with van der Waals surface area (Å²) in [5.74, 6) is -0.173. The summed E-state index contributed by atoms with van der Waals surface area (Å²) in [6, 6.07) is 3.34. The average Bonchev–Trinajstić information content (AvgIpc) is 2.29. The van der Waals surface area contributed by atoms with Crippen molar-refractivity contribution in [1.29, 1.82) is 0 Å². The van der Waals surface area contributed by atoms with Crippen molar-refractivity contribution in [3.05, 3.63) is 29.1 Å². The monoisotopic (exact) mass is 238 g/mol. The van der Waals surface area contributed by atoms with Crippen LogP contribution in [0.1, 0.15) is 44.4 Å². The third-order valence-electron chi connectivity index (χ3n) is 3.01. The lowest BCUT2D eigenvalue weighted by Crippen LogP contribution is -2.26. The molecule has 1 rings (SSSR count). The van der Waals surface area contributed by atoms with E-state index in [-0.39, 0.29) is 11.9 Å². The summed E-state index contributed by atoms with van der Waals surface area (Å²) < 4.78 is 13.6. The van der Waals surface area contributed by atoms with E-state index in [1.165, 1.54) is 0 Å². The quantitative estimate of drug-likeness (QED) is 0.852. The summed E-state index contributed by atoms with van der Waals surface area (Å²) in [5.41, 5.74) is 8.57. The molecule has 0 saturated carbocycles. The molecule has 0 aliphatic carbocycles. The number of hydrogen-bond donors (Lipinski definition) is 1. The number of aryl methyl sites for hydroxylation is 1. The van der Waals surface area contributed by atoms with Crippen LogP contribution in [0.5, 0.6) is 0 Å². The largest absolute Gasteiger partial charge is 0.372 e. The molecule has 1 unspecified atom stereocenters. The first kappa shape index (κ1) is 14.0. The molecule has 1 aromatic carbocycles. The van der Waals surface area contributed by atoms with Gasteiger partial charge in [-0.2, -0.15) is 0 Å². The van der Waals surface area contributed by atoms with E-state index in [9.17, 15) is 4.39 Å². The molecule has 2 N–H and O–H groups in total. The Hall–Kier alpha value is -1.09. The van der Waals surface area contributed by atoms with E-state index in [1.807, 2.05) is 13.0 Å². The van der Waals surface area contributed by atoms with Gasteiger partial charge in [0.05, 0.1) is 0 Å². The normalized spacial score (nSPS) is 12.6. The zero-order valence-corrected chi connectivity index (χ0v) is 11.3. The molecule has 1 aromatic rings. The van der Waals surface area contributed by atoms with Gasteiger partial charge in [-0.15, -0.1) is 0 Å². The molecule has 0 aliphatic rings. The maximum atomic E-state index is 13.6. The SMILES string of the molecule is CCCN(CC)c1cc(C)c(F)cc1C(C)N. The highest BCUT2D eigenvalue weighted by Gasteiger charge is 2.14. The molecule has 2 nitrogen and oxygen atoms in total. The van der Waals surface area contributed by atoms with E-state index in [1.54, 1.807) is 13.0 Å². The van der Waals surface area contributed by atoms with Crippen LogP contribution in [0, 0.1) is 12.7 Å². The molecule has 3 heteroatoms. The second kappa shape index (κ2) is 6.01. The maximum Gasteiger partial charge on any atom is 0.126 e. The molecule has 1 atom stereocenters. The zero-order chi connectivity index (χ0) is 13.0. The molecule has 0 bridgehead atoms. The third kappa shape index (κ3) is 3.19. The highest BCUT2D eigenvalue weighted by Crippen LogP contribution is 2.28. The number of halogens is 1. The van der Waals surface area contributed by atoms with Crippen molar-refractivity contribution in [2.24, 2.45) is 5.73 Å². The molecule has 0 heterocycles. The predicted molar refractivity (Wildman–Crippen MR) is 71.9 cm³/mol. The fourth-order valence-corrected chi connectivity index (χ4v) is 2.04. The van der Waals surface area contributed by atoms with Crippen LogP contribution in [-0.2, 0) is 0 Å². The van der Waals surface area contributed by atoms with Gasteiger partial charge in [-0.1, -0.05) is 6.92 Å². The summed E-state index contributed by atoms with van der Waals surface area (Å²) in [4.78, 5) is 2.26. The van der Waals surface area contributed by atoms with Gasteiger partial charge >= 0.3 is 0 Å². The van der Waals surface area contributed by atoms with Crippen LogP contribution in [0.2, 0.25) is 0 Å². The summed E-state index contributed by atoms with van der Waals surface area (Å²) >= 11 is 0. The van der Waals surface area contributed by atoms with Crippen molar-refractivity contribution >= 4 is 5.69 Å². The van der Waals surface area contributed by atoms with Gasteiger partial charge in [0.15, 0.2) is 0 Å². The van der Waals surface area contributed by atoms with Crippen LogP contribution < -0.4 is 10.6 Å². The Balaban J connectivity index is 3.23. The molecule has 96 valence electrons. The third-order valence-corrected chi connectivity index (χ3v) is 3.01. The highest BCUT2D eigenvalue weighted by molar-refractivity contribution is 5.57. The predicted octanol–water partition coefficient (Wildman–Crippen LogP) is 3.39. The van der Waals surface area contributed by atoms with Crippen LogP contribution in [-0.4, -0.2) is 13.1 Å². The van der Waals surface area contributed by atoms with Gasteiger partial charge in [0.25, 0.3) is 0 Å². The summed E-state index contributed by atoms with van der Waals surface area (Å²) in [7, 11) is 0. The van der Waals surface area contributed by atoms with Gasteiger partial charge in [0, 0.05) is 24.8 Å². The van der Waals surface area contributed by atoms with Crippen LogP contribution in [0.4, 0.5) is 10.1 Å². The highest BCUT2D eigenvalue weighted by atomic mass is 19.1. The lowest BCUT2D eigenvalue weighted by atomic mass is 10.0. The first-order valence-electron chi connectivity index (χ1n) is 6.31. The van der Waals surface area contributed by atoms with Gasteiger partial charge in [-0.05, 0) is 50.5 Å². The smallest absolute Gasteiger partial charge is 0.126 e. The molecule has 0 aromatic heterocycles. The standard InChI is InChI=1S/C14H23FN2/c1-5-7-17(6-2)14-8-10(3)13(15)9-12(14)11(4)16/h8-9,11H,5-7,16H2,1-4H3. The molecule has 0 saturated heterocycles.